The van der Waals surface area contributed by atoms with Gasteiger partial charge in [0.15, 0.2) is 0 Å². The molecule has 1 atom stereocenters. The Hall–Kier alpha value is -1.98. The van der Waals surface area contributed by atoms with Crippen LogP contribution < -0.4 is 10.2 Å². The molecule has 5 heteroatoms. The van der Waals surface area contributed by atoms with Crippen LogP contribution in [0.15, 0.2) is 42.6 Å². The van der Waals surface area contributed by atoms with Gasteiger partial charge in [-0.3, -0.25) is 0 Å². The van der Waals surface area contributed by atoms with Crippen molar-refractivity contribution in [3.63, 3.8) is 0 Å². The van der Waals surface area contributed by atoms with Crippen molar-refractivity contribution in [3.8, 4) is 0 Å². The Morgan fingerprint density at radius 3 is 2.52 bits per heavy atom. The number of aliphatic hydroxyl groups excluding tert-OH is 1. The van der Waals surface area contributed by atoms with E-state index in [1.54, 1.807) is 12.1 Å². The van der Waals surface area contributed by atoms with Crippen LogP contribution in [-0.2, 0) is 6.54 Å². The first-order valence-electron chi connectivity index (χ1n) is 8.06. The van der Waals surface area contributed by atoms with Crippen LogP contribution in [0.5, 0.6) is 0 Å². The van der Waals surface area contributed by atoms with Crippen LogP contribution in [0, 0.1) is 5.82 Å². The van der Waals surface area contributed by atoms with Crippen molar-refractivity contribution in [2.45, 2.75) is 25.5 Å². The highest BCUT2D eigenvalue weighted by molar-refractivity contribution is 5.40. The Morgan fingerprint density at radius 1 is 1.13 bits per heavy atom. The summed E-state index contributed by atoms with van der Waals surface area (Å²) in [6.07, 6.45) is 3.72. The topological polar surface area (TPSA) is 48.4 Å². The quantitative estimate of drug-likeness (QED) is 0.860. The van der Waals surface area contributed by atoms with Gasteiger partial charge in [-0.05, 0) is 42.2 Å². The number of nitrogens with zero attached hydrogens (tertiary/aromatic N) is 2. The number of hydrogen-bond donors (Lipinski definition) is 2. The lowest BCUT2D eigenvalue weighted by Crippen LogP contribution is -2.22. The molecule has 0 amide bonds. The first kappa shape index (κ1) is 15.9. The van der Waals surface area contributed by atoms with Gasteiger partial charge < -0.3 is 15.3 Å². The predicted octanol–water partition coefficient (Wildman–Crippen LogP) is 2.64. The van der Waals surface area contributed by atoms with Gasteiger partial charge >= 0.3 is 0 Å². The van der Waals surface area contributed by atoms with E-state index in [4.69, 9.17) is 0 Å². The molecular formula is C18H22FN3O. The number of rotatable bonds is 6. The summed E-state index contributed by atoms with van der Waals surface area (Å²) < 4.78 is 12.9. The largest absolute Gasteiger partial charge is 0.387 e. The highest BCUT2D eigenvalue weighted by atomic mass is 19.1. The van der Waals surface area contributed by atoms with Gasteiger partial charge in [-0.1, -0.05) is 18.2 Å². The Morgan fingerprint density at radius 2 is 1.87 bits per heavy atom. The van der Waals surface area contributed by atoms with E-state index in [2.05, 4.69) is 27.3 Å². The maximum Gasteiger partial charge on any atom is 0.128 e. The molecule has 0 radical (unpaired) electrons. The molecule has 2 N–H and O–H groups in total. The van der Waals surface area contributed by atoms with Gasteiger partial charge in [0.05, 0.1) is 6.10 Å². The van der Waals surface area contributed by atoms with Crippen LogP contribution in [0.3, 0.4) is 0 Å². The summed E-state index contributed by atoms with van der Waals surface area (Å²) >= 11 is 0. The lowest BCUT2D eigenvalue weighted by molar-refractivity contribution is 0.174. The van der Waals surface area contributed by atoms with E-state index >= 15 is 0 Å². The third-order valence-electron chi connectivity index (χ3n) is 4.16. The van der Waals surface area contributed by atoms with Crippen LogP contribution in [0.2, 0.25) is 0 Å². The van der Waals surface area contributed by atoms with E-state index in [9.17, 15) is 9.50 Å². The van der Waals surface area contributed by atoms with Crippen LogP contribution in [0.4, 0.5) is 10.2 Å². The normalized spacial score (nSPS) is 15.8. The molecule has 4 nitrogen and oxygen atoms in total. The van der Waals surface area contributed by atoms with Gasteiger partial charge in [-0.2, -0.15) is 0 Å². The number of aliphatic hydroxyl groups is 1. The summed E-state index contributed by atoms with van der Waals surface area (Å²) in [5.74, 6) is 0.746. The third kappa shape index (κ3) is 4.27. The van der Waals surface area contributed by atoms with E-state index in [1.165, 1.54) is 25.0 Å². The Kier molecular flexibility index (Phi) is 5.20. The molecular weight excluding hydrogens is 293 g/mol. The number of nitrogens with one attached hydrogen (secondary N) is 1. The Balaban J connectivity index is 1.47. The number of pyridine rings is 1. The number of anilines is 1. The van der Waals surface area contributed by atoms with Crippen LogP contribution in [0.1, 0.15) is 30.1 Å². The van der Waals surface area contributed by atoms with Gasteiger partial charge in [0, 0.05) is 32.4 Å². The van der Waals surface area contributed by atoms with E-state index in [-0.39, 0.29) is 5.82 Å². The van der Waals surface area contributed by atoms with Gasteiger partial charge in [0.1, 0.15) is 11.6 Å². The number of aromatic nitrogens is 1. The fourth-order valence-electron chi connectivity index (χ4n) is 2.81. The number of halogens is 1. The molecule has 0 aliphatic carbocycles. The maximum absolute atomic E-state index is 12.9. The first-order valence-corrected chi connectivity index (χ1v) is 8.06. The van der Waals surface area contributed by atoms with Crippen LogP contribution >= 0.6 is 0 Å². The van der Waals surface area contributed by atoms with E-state index in [0.717, 1.165) is 24.5 Å². The summed E-state index contributed by atoms with van der Waals surface area (Å²) in [6.45, 7) is 3.24. The van der Waals surface area contributed by atoms with Crippen LogP contribution in [0.25, 0.3) is 0 Å². The van der Waals surface area contributed by atoms with Crippen molar-refractivity contribution in [1.82, 2.24) is 10.3 Å². The molecule has 0 bridgehead atoms. The van der Waals surface area contributed by atoms with E-state index in [1.807, 2.05) is 6.20 Å². The van der Waals surface area contributed by atoms with Crippen molar-refractivity contribution in [1.29, 1.82) is 0 Å². The predicted molar refractivity (Wildman–Crippen MR) is 88.8 cm³/mol. The molecule has 1 fully saturated rings. The minimum Gasteiger partial charge on any atom is -0.387 e. The lowest BCUT2D eigenvalue weighted by atomic mass is 10.1. The maximum atomic E-state index is 12.9. The summed E-state index contributed by atoms with van der Waals surface area (Å²) in [4.78, 5) is 6.81. The first-order chi connectivity index (χ1) is 11.2. The second-order valence-corrected chi connectivity index (χ2v) is 5.92. The standard InChI is InChI=1S/C18H22FN3O/c19-16-6-4-15(5-7-16)17(23)13-20-11-14-3-8-18(21-12-14)22-9-1-2-10-22/h3-8,12,17,20,23H,1-2,9-11,13H2. The number of hydrogen-bond acceptors (Lipinski definition) is 4. The van der Waals surface area contributed by atoms with Crippen molar-refractivity contribution in [2.24, 2.45) is 0 Å². The molecule has 23 heavy (non-hydrogen) atoms. The molecule has 2 heterocycles. The number of benzene rings is 1. The summed E-state index contributed by atoms with van der Waals surface area (Å²) in [5, 5.41) is 13.3. The van der Waals surface area contributed by atoms with Crippen molar-refractivity contribution in [2.75, 3.05) is 24.5 Å². The van der Waals surface area contributed by atoms with Crippen molar-refractivity contribution in [3.05, 3.63) is 59.5 Å². The Bertz CT molecular complexity index is 609. The highest BCUT2D eigenvalue weighted by Crippen LogP contribution is 2.17. The highest BCUT2D eigenvalue weighted by Gasteiger charge is 2.13. The molecule has 0 saturated carbocycles. The monoisotopic (exact) mass is 315 g/mol. The SMILES string of the molecule is OC(CNCc1ccc(N2CCCC2)nc1)c1ccc(F)cc1. The van der Waals surface area contributed by atoms with Crippen molar-refractivity contribution >= 4 is 5.82 Å². The molecule has 1 unspecified atom stereocenters. The molecule has 122 valence electrons. The molecule has 3 rings (SSSR count). The van der Waals surface area contributed by atoms with Gasteiger partial charge in [0.2, 0.25) is 0 Å². The molecule has 1 aromatic heterocycles. The third-order valence-corrected chi connectivity index (χ3v) is 4.16. The minimum atomic E-state index is -0.646. The van der Waals surface area contributed by atoms with Gasteiger partial charge in [-0.25, -0.2) is 9.37 Å². The fourth-order valence-corrected chi connectivity index (χ4v) is 2.81. The molecule has 1 saturated heterocycles. The second kappa shape index (κ2) is 7.53. The summed E-state index contributed by atoms with van der Waals surface area (Å²) in [5.41, 5.74) is 1.79. The average Bonchev–Trinajstić information content (AvgIpc) is 3.10. The zero-order chi connectivity index (χ0) is 16.1. The summed E-state index contributed by atoms with van der Waals surface area (Å²) in [7, 11) is 0. The van der Waals surface area contributed by atoms with Crippen molar-refractivity contribution < 1.29 is 9.50 Å². The van der Waals surface area contributed by atoms with Gasteiger partial charge in [-0.15, -0.1) is 0 Å². The molecule has 1 aromatic carbocycles. The molecule has 2 aromatic rings. The minimum absolute atomic E-state index is 0.293. The molecule has 1 aliphatic heterocycles. The fraction of sp³-hybridized carbons (Fsp3) is 0.389. The molecule has 0 spiro atoms. The Labute approximate surface area is 136 Å². The van der Waals surface area contributed by atoms with Gasteiger partial charge in [0.25, 0.3) is 0 Å². The van der Waals surface area contributed by atoms with E-state index in [0.29, 0.717) is 18.7 Å². The zero-order valence-electron chi connectivity index (χ0n) is 13.1. The average molecular weight is 315 g/mol. The zero-order valence-corrected chi connectivity index (χ0v) is 13.1. The smallest absolute Gasteiger partial charge is 0.128 e. The lowest BCUT2D eigenvalue weighted by Gasteiger charge is -2.16. The van der Waals surface area contributed by atoms with E-state index < -0.39 is 6.10 Å². The van der Waals surface area contributed by atoms with Crippen LogP contribution in [-0.4, -0.2) is 29.7 Å². The second-order valence-electron chi connectivity index (χ2n) is 5.92. The molecule has 1 aliphatic rings. The summed E-state index contributed by atoms with van der Waals surface area (Å²) in [6, 6.07) is 10.1.